The van der Waals surface area contributed by atoms with E-state index >= 15 is 0 Å². The molecule has 0 saturated carbocycles. The van der Waals surface area contributed by atoms with E-state index in [1.165, 1.54) is 0 Å². The van der Waals surface area contributed by atoms with E-state index in [1.807, 2.05) is 18.2 Å². The molecule has 1 heterocycles. The number of hydrogen-bond acceptors (Lipinski definition) is 2. The number of nitrogens with zero attached hydrogens (tertiary/aromatic N) is 2. The van der Waals surface area contributed by atoms with Crippen molar-refractivity contribution in [2.24, 2.45) is 5.92 Å². The molecule has 1 aromatic heterocycles. The van der Waals surface area contributed by atoms with E-state index in [2.05, 4.69) is 44.5 Å². The molecule has 2 rings (SSSR count). The first-order valence-electron chi connectivity index (χ1n) is 9.49. The van der Waals surface area contributed by atoms with Crippen molar-refractivity contribution >= 4 is 13.3 Å². The van der Waals surface area contributed by atoms with Gasteiger partial charge in [-0.05, 0) is 48.1 Å². The van der Waals surface area contributed by atoms with Crippen LogP contribution in [0.25, 0.3) is 11.3 Å². The molecule has 0 bridgehead atoms. The molecule has 2 aromatic rings. The highest BCUT2D eigenvalue weighted by molar-refractivity contribution is 6.89. The van der Waals surface area contributed by atoms with Crippen molar-refractivity contribution in [3.63, 3.8) is 0 Å². The van der Waals surface area contributed by atoms with Crippen LogP contribution in [0.2, 0.25) is 19.6 Å². The summed E-state index contributed by atoms with van der Waals surface area (Å²) in [5, 5.41) is 9.95. The average molecular weight is 326 g/mol. The van der Waals surface area contributed by atoms with E-state index < -0.39 is 14.9 Å². The van der Waals surface area contributed by atoms with Gasteiger partial charge < -0.3 is 0 Å². The van der Waals surface area contributed by atoms with Gasteiger partial charge in [-0.3, -0.25) is 4.98 Å². The number of rotatable bonds is 4. The minimum absolute atomic E-state index is 0.245. The summed E-state index contributed by atoms with van der Waals surface area (Å²) in [6.45, 7) is 8.55. The van der Waals surface area contributed by atoms with E-state index in [0.29, 0.717) is 17.2 Å². The van der Waals surface area contributed by atoms with Gasteiger partial charge in [0.25, 0.3) is 0 Å². The Balaban J connectivity index is 2.77. The quantitative estimate of drug-likeness (QED) is 0.766. The highest BCUT2D eigenvalue weighted by Gasteiger charge is 2.24. The van der Waals surface area contributed by atoms with E-state index in [4.69, 9.17) is 9.37 Å². The molecule has 0 fully saturated rings. The normalized spacial score (nSPS) is 14.0. The molecule has 120 valence electrons. The zero-order valence-corrected chi connectivity index (χ0v) is 15.6. The Labute approximate surface area is 145 Å². The number of hydrogen-bond donors (Lipinski definition) is 0. The predicted molar refractivity (Wildman–Crippen MR) is 101 cm³/mol. The molecule has 3 heteroatoms. The standard InChI is InChI=1S/C20H26N2Si/c1-14(2)11-18-12-19(17-9-7-16(13-21)8-10-17)22-15(3)20(18)23(4,5)6/h7-10,12,14H,11H2,1-6H3/i3D3. The highest BCUT2D eigenvalue weighted by Crippen LogP contribution is 2.22. The molecule has 23 heavy (non-hydrogen) atoms. The Bertz CT molecular complexity index is 826. The maximum Gasteiger partial charge on any atom is 0.0991 e. The molecule has 2 nitrogen and oxygen atoms in total. The van der Waals surface area contributed by atoms with Crippen LogP contribution < -0.4 is 5.19 Å². The molecule has 0 aliphatic carbocycles. The van der Waals surface area contributed by atoms with Crippen molar-refractivity contribution in [2.75, 3.05) is 0 Å². The Morgan fingerprint density at radius 3 is 2.35 bits per heavy atom. The van der Waals surface area contributed by atoms with Gasteiger partial charge in [0.1, 0.15) is 0 Å². The minimum Gasteiger partial charge on any atom is -0.253 e. The zero-order chi connectivity index (χ0) is 19.7. The summed E-state index contributed by atoms with van der Waals surface area (Å²) >= 11 is 0. The van der Waals surface area contributed by atoms with Crippen molar-refractivity contribution in [3.05, 3.63) is 47.2 Å². The third-order valence-electron chi connectivity index (χ3n) is 3.79. The van der Waals surface area contributed by atoms with Gasteiger partial charge >= 0.3 is 0 Å². The lowest BCUT2D eigenvalue weighted by atomic mass is 10.00. The predicted octanol–water partition coefficient (Wildman–Crippen LogP) is 4.67. The SMILES string of the molecule is [2H]C([2H])([2H])c1nc(-c2ccc(C#N)cc2)cc(CC(C)C)c1[Si](C)(C)C. The van der Waals surface area contributed by atoms with Crippen LogP contribution in [0.5, 0.6) is 0 Å². The topological polar surface area (TPSA) is 36.7 Å². The molecule has 0 unspecified atom stereocenters. The Kier molecular flexibility index (Phi) is 3.92. The van der Waals surface area contributed by atoms with Crippen molar-refractivity contribution in [1.29, 1.82) is 5.26 Å². The Hall–Kier alpha value is -1.92. The van der Waals surface area contributed by atoms with E-state index in [0.717, 1.165) is 22.7 Å². The molecule has 0 N–H and O–H groups in total. The zero-order valence-electron chi connectivity index (χ0n) is 17.6. The summed E-state index contributed by atoms with van der Waals surface area (Å²) in [6.07, 6.45) is 0.828. The monoisotopic (exact) mass is 325 g/mol. The molecule has 1 aromatic carbocycles. The van der Waals surface area contributed by atoms with Crippen LogP contribution in [-0.2, 0) is 6.42 Å². The molecule has 0 atom stereocenters. The number of nitriles is 1. The first-order chi connectivity index (χ1) is 11.9. The molecule has 0 aliphatic rings. The molecular weight excluding hydrogens is 296 g/mol. The van der Waals surface area contributed by atoms with Crippen molar-refractivity contribution in [1.82, 2.24) is 4.98 Å². The second-order valence-corrected chi connectivity index (χ2v) is 12.4. The van der Waals surface area contributed by atoms with Gasteiger partial charge in [-0.25, -0.2) is 0 Å². The van der Waals surface area contributed by atoms with Crippen LogP contribution in [-0.4, -0.2) is 13.1 Å². The summed E-state index contributed by atoms with van der Waals surface area (Å²) in [5.74, 6) is 0.422. The molecule has 0 spiro atoms. The summed E-state index contributed by atoms with van der Waals surface area (Å²) in [5.41, 5.74) is 3.42. The summed E-state index contributed by atoms with van der Waals surface area (Å²) < 4.78 is 24.1. The van der Waals surface area contributed by atoms with Gasteiger partial charge in [0.2, 0.25) is 0 Å². The molecular formula is C20H26N2Si. The fourth-order valence-electron chi connectivity index (χ4n) is 2.90. The summed E-state index contributed by atoms with van der Waals surface area (Å²) in [7, 11) is -1.90. The van der Waals surface area contributed by atoms with Gasteiger partial charge in [0, 0.05) is 15.4 Å². The van der Waals surface area contributed by atoms with Crippen LogP contribution in [0.3, 0.4) is 0 Å². The fourth-order valence-corrected chi connectivity index (χ4v) is 4.80. The van der Waals surface area contributed by atoms with Gasteiger partial charge in [-0.1, -0.05) is 45.6 Å². The molecule has 0 amide bonds. The van der Waals surface area contributed by atoms with Gasteiger partial charge in [-0.15, -0.1) is 0 Å². The van der Waals surface area contributed by atoms with Gasteiger partial charge in [0.15, 0.2) is 0 Å². The van der Waals surface area contributed by atoms with E-state index in [9.17, 15) is 0 Å². The maximum absolute atomic E-state index is 8.98. The summed E-state index contributed by atoms with van der Waals surface area (Å²) in [4.78, 5) is 4.59. The smallest absolute Gasteiger partial charge is 0.0991 e. The second kappa shape index (κ2) is 6.68. The third-order valence-corrected chi connectivity index (χ3v) is 5.85. The lowest BCUT2D eigenvalue weighted by molar-refractivity contribution is 0.648. The first-order valence-corrected chi connectivity index (χ1v) is 11.5. The Morgan fingerprint density at radius 2 is 1.87 bits per heavy atom. The minimum atomic E-state index is -2.25. The third kappa shape index (κ3) is 4.08. The van der Waals surface area contributed by atoms with E-state index in [1.54, 1.807) is 12.1 Å². The number of aryl methyl sites for hydroxylation is 1. The van der Waals surface area contributed by atoms with Crippen LogP contribution in [0.1, 0.15) is 34.8 Å². The maximum atomic E-state index is 8.98. The lowest BCUT2D eigenvalue weighted by Crippen LogP contribution is -2.43. The van der Waals surface area contributed by atoms with Crippen molar-refractivity contribution < 1.29 is 4.11 Å². The second-order valence-electron chi connectivity index (χ2n) is 7.43. The lowest BCUT2D eigenvalue weighted by Gasteiger charge is -2.25. The van der Waals surface area contributed by atoms with Crippen LogP contribution in [0, 0.1) is 24.1 Å². The van der Waals surface area contributed by atoms with Gasteiger partial charge in [0.05, 0.1) is 25.4 Å². The highest BCUT2D eigenvalue weighted by atomic mass is 28.3. The van der Waals surface area contributed by atoms with Crippen molar-refractivity contribution in [2.45, 2.75) is 46.8 Å². The van der Waals surface area contributed by atoms with Gasteiger partial charge in [-0.2, -0.15) is 5.26 Å². The average Bonchev–Trinajstić information content (AvgIpc) is 2.51. The number of aromatic nitrogens is 1. The first kappa shape index (κ1) is 13.5. The molecule has 0 radical (unpaired) electrons. The van der Waals surface area contributed by atoms with E-state index in [-0.39, 0.29) is 5.69 Å². The van der Waals surface area contributed by atoms with Crippen molar-refractivity contribution in [3.8, 4) is 17.3 Å². The van der Waals surface area contributed by atoms with Crippen LogP contribution in [0.4, 0.5) is 0 Å². The molecule has 0 saturated heterocycles. The number of pyridine rings is 1. The van der Waals surface area contributed by atoms with Crippen LogP contribution in [0.15, 0.2) is 30.3 Å². The molecule has 0 aliphatic heterocycles. The Morgan fingerprint density at radius 1 is 1.22 bits per heavy atom. The largest absolute Gasteiger partial charge is 0.253 e. The summed E-state index contributed by atoms with van der Waals surface area (Å²) in [6, 6.07) is 11.3. The number of benzene rings is 1. The fraction of sp³-hybridized carbons (Fsp3) is 0.400. The van der Waals surface area contributed by atoms with Crippen LogP contribution >= 0.6 is 0 Å².